The number of hydrogen-bond acceptors (Lipinski definition) is 3. The Morgan fingerprint density at radius 1 is 1.39 bits per heavy atom. The summed E-state index contributed by atoms with van der Waals surface area (Å²) in [7, 11) is 0. The van der Waals surface area contributed by atoms with Crippen molar-refractivity contribution in [2.45, 2.75) is 32.4 Å². The number of nitrogens with zero attached hydrogens (tertiary/aromatic N) is 2. The summed E-state index contributed by atoms with van der Waals surface area (Å²) in [5.41, 5.74) is 1.01. The molecule has 0 radical (unpaired) electrons. The molecular weight excluding hydrogens is 271 g/mol. The minimum Gasteiger partial charge on any atom is -0.393 e. The van der Waals surface area contributed by atoms with E-state index in [4.69, 9.17) is 23.2 Å². The molecule has 100 valence electrons. The lowest BCUT2D eigenvalue weighted by Gasteiger charge is -2.33. The predicted molar refractivity (Wildman–Crippen MR) is 73.9 cm³/mol. The quantitative estimate of drug-likeness (QED) is 0.869. The van der Waals surface area contributed by atoms with E-state index in [0.29, 0.717) is 16.2 Å². The molecule has 0 aromatic carbocycles. The molecule has 0 amide bonds. The van der Waals surface area contributed by atoms with Gasteiger partial charge in [-0.2, -0.15) is 0 Å². The number of aliphatic hydroxyl groups excluding tert-OH is 1. The molecule has 5 heteroatoms. The Labute approximate surface area is 118 Å². The first-order valence-corrected chi connectivity index (χ1v) is 7.03. The molecule has 2 heterocycles. The van der Waals surface area contributed by atoms with Crippen LogP contribution >= 0.6 is 23.2 Å². The second-order valence-corrected chi connectivity index (χ2v) is 5.68. The molecule has 1 aromatic rings. The van der Waals surface area contributed by atoms with Gasteiger partial charge in [-0.05, 0) is 44.8 Å². The number of hydrogen-bond donors (Lipinski definition) is 1. The molecule has 1 aliphatic heterocycles. The van der Waals surface area contributed by atoms with Gasteiger partial charge in [0.25, 0.3) is 0 Å². The van der Waals surface area contributed by atoms with Crippen LogP contribution in [-0.2, 0) is 6.54 Å². The Morgan fingerprint density at radius 2 is 2.06 bits per heavy atom. The summed E-state index contributed by atoms with van der Waals surface area (Å²) in [5.74, 6) is 0.431. The third-order valence-electron chi connectivity index (χ3n) is 3.60. The van der Waals surface area contributed by atoms with Crippen LogP contribution in [0.4, 0.5) is 0 Å². The van der Waals surface area contributed by atoms with Gasteiger partial charge in [-0.3, -0.25) is 4.90 Å². The monoisotopic (exact) mass is 288 g/mol. The molecule has 2 rings (SSSR count). The molecule has 1 N–H and O–H groups in total. The van der Waals surface area contributed by atoms with Crippen LogP contribution in [0.1, 0.15) is 25.3 Å². The molecule has 0 saturated carbocycles. The Balaban J connectivity index is 1.91. The summed E-state index contributed by atoms with van der Waals surface area (Å²) in [6, 6.07) is 3.70. The molecule has 0 bridgehead atoms. The van der Waals surface area contributed by atoms with E-state index in [0.717, 1.165) is 38.0 Å². The van der Waals surface area contributed by atoms with Crippen molar-refractivity contribution in [3.8, 4) is 0 Å². The summed E-state index contributed by atoms with van der Waals surface area (Å²) < 4.78 is 0. The van der Waals surface area contributed by atoms with Gasteiger partial charge < -0.3 is 5.11 Å². The van der Waals surface area contributed by atoms with Crippen molar-refractivity contribution in [2.75, 3.05) is 13.1 Å². The van der Waals surface area contributed by atoms with Gasteiger partial charge in [0.15, 0.2) is 0 Å². The van der Waals surface area contributed by atoms with Gasteiger partial charge in [0.05, 0.1) is 6.10 Å². The van der Waals surface area contributed by atoms with Crippen LogP contribution in [-0.4, -0.2) is 34.2 Å². The fourth-order valence-electron chi connectivity index (χ4n) is 2.39. The van der Waals surface area contributed by atoms with E-state index >= 15 is 0 Å². The van der Waals surface area contributed by atoms with Crippen LogP contribution in [0, 0.1) is 5.92 Å². The lowest BCUT2D eigenvalue weighted by Crippen LogP contribution is -2.36. The number of aliphatic hydroxyl groups is 1. The zero-order valence-electron chi connectivity index (χ0n) is 10.4. The van der Waals surface area contributed by atoms with E-state index < -0.39 is 0 Å². The van der Waals surface area contributed by atoms with Crippen molar-refractivity contribution in [3.05, 3.63) is 28.0 Å². The third kappa shape index (κ3) is 3.58. The van der Waals surface area contributed by atoms with E-state index in [1.807, 2.05) is 13.0 Å². The maximum Gasteiger partial charge on any atom is 0.135 e. The van der Waals surface area contributed by atoms with Crippen LogP contribution in [0.2, 0.25) is 10.3 Å². The highest BCUT2D eigenvalue weighted by Gasteiger charge is 2.23. The largest absolute Gasteiger partial charge is 0.393 e. The summed E-state index contributed by atoms with van der Waals surface area (Å²) in [5, 5.41) is 10.5. The first-order chi connectivity index (χ1) is 8.56. The fourth-order valence-corrected chi connectivity index (χ4v) is 2.80. The Morgan fingerprint density at radius 3 is 2.61 bits per heavy atom. The smallest absolute Gasteiger partial charge is 0.135 e. The van der Waals surface area contributed by atoms with Gasteiger partial charge in [-0.15, -0.1) is 0 Å². The lowest BCUT2D eigenvalue weighted by atomic mass is 9.92. The second kappa shape index (κ2) is 6.20. The van der Waals surface area contributed by atoms with E-state index in [2.05, 4.69) is 9.88 Å². The third-order valence-corrected chi connectivity index (χ3v) is 4.14. The molecule has 1 aromatic heterocycles. The van der Waals surface area contributed by atoms with Crippen molar-refractivity contribution in [3.63, 3.8) is 0 Å². The zero-order chi connectivity index (χ0) is 13.1. The van der Waals surface area contributed by atoms with Gasteiger partial charge in [0.1, 0.15) is 10.3 Å². The van der Waals surface area contributed by atoms with Crippen molar-refractivity contribution in [1.29, 1.82) is 0 Å². The fraction of sp³-hybridized carbons (Fsp3) is 0.615. The van der Waals surface area contributed by atoms with E-state index in [1.54, 1.807) is 6.07 Å². The Kier molecular flexibility index (Phi) is 4.84. The van der Waals surface area contributed by atoms with Crippen LogP contribution in [0.15, 0.2) is 12.1 Å². The van der Waals surface area contributed by atoms with Crippen molar-refractivity contribution < 1.29 is 5.11 Å². The molecule has 18 heavy (non-hydrogen) atoms. The molecule has 1 unspecified atom stereocenters. The first-order valence-electron chi connectivity index (χ1n) is 6.27. The Bertz CT molecular complexity index is 404. The SMILES string of the molecule is CC(O)C1CCN(Cc2ccc(Cl)nc2Cl)CC1. The maximum absolute atomic E-state index is 9.56. The molecule has 1 saturated heterocycles. The highest BCUT2D eigenvalue weighted by molar-refractivity contribution is 6.32. The highest BCUT2D eigenvalue weighted by atomic mass is 35.5. The highest BCUT2D eigenvalue weighted by Crippen LogP contribution is 2.24. The summed E-state index contributed by atoms with van der Waals surface area (Å²) in [6.07, 6.45) is 1.88. The lowest BCUT2D eigenvalue weighted by molar-refractivity contribution is 0.0695. The second-order valence-electron chi connectivity index (χ2n) is 4.94. The van der Waals surface area contributed by atoms with Crippen LogP contribution in [0.5, 0.6) is 0 Å². The van der Waals surface area contributed by atoms with Gasteiger partial charge >= 0.3 is 0 Å². The minimum absolute atomic E-state index is 0.201. The number of rotatable bonds is 3. The molecule has 1 fully saturated rings. The predicted octanol–water partition coefficient (Wildman–Crippen LogP) is 2.98. The minimum atomic E-state index is -0.201. The van der Waals surface area contributed by atoms with E-state index in [1.165, 1.54) is 0 Å². The Hall–Kier alpha value is -0.350. The number of pyridine rings is 1. The number of aromatic nitrogens is 1. The van der Waals surface area contributed by atoms with Gasteiger partial charge in [0.2, 0.25) is 0 Å². The standard InChI is InChI=1S/C13H18Cl2N2O/c1-9(18)10-4-6-17(7-5-10)8-11-2-3-12(14)16-13(11)15/h2-3,9-10,18H,4-8H2,1H3. The average Bonchev–Trinajstić information content (AvgIpc) is 2.33. The van der Waals surface area contributed by atoms with Crippen molar-refractivity contribution >= 4 is 23.2 Å². The molecule has 1 atom stereocenters. The molecule has 1 aliphatic rings. The first kappa shape index (κ1) is 14.1. The topological polar surface area (TPSA) is 36.4 Å². The van der Waals surface area contributed by atoms with Crippen LogP contribution in [0.3, 0.4) is 0 Å². The van der Waals surface area contributed by atoms with E-state index in [9.17, 15) is 5.11 Å². The van der Waals surface area contributed by atoms with Crippen LogP contribution in [0.25, 0.3) is 0 Å². The molecule has 0 aliphatic carbocycles. The van der Waals surface area contributed by atoms with E-state index in [-0.39, 0.29) is 6.10 Å². The molecule has 0 spiro atoms. The van der Waals surface area contributed by atoms with Crippen molar-refractivity contribution in [2.24, 2.45) is 5.92 Å². The van der Waals surface area contributed by atoms with Crippen LogP contribution < -0.4 is 0 Å². The number of piperidine rings is 1. The average molecular weight is 289 g/mol. The zero-order valence-corrected chi connectivity index (χ0v) is 12.0. The molecular formula is C13H18Cl2N2O. The molecule has 3 nitrogen and oxygen atoms in total. The summed E-state index contributed by atoms with van der Waals surface area (Å²) in [6.45, 7) is 4.67. The van der Waals surface area contributed by atoms with Gasteiger partial charge in [0, 0.05) is 12.1 Å². The maximum atomic E-state index is 9.56. The van der Waals surface area contributed by atoms with Gasteiger partial charge in [-0.1, -0.05) is 29.3 Å². The number of likely N-dealkylation sites (tertiary alicyclic amines) is 1. The van der Waals surface area contributed by atoms with Crippen molar-refractivity contribution in [1.82, 2.24) is 9.88 Å². The number of halogens is 2. The van der Waals surface area contributed by atoms with Gasteiger partial charge in [-0.25, -0.2) is 4.98 Å². The summed E-state index contributed by atoms with van der Waals surface area (Å²) in [4.78, 5) is 6.39. The normalized spacial score (nSPS) is 20.0. The summed E-state index contributed by atoms with van der Waals surface area (Å²) >= 11 is 11.8.